The summed E-state index contributed by atoms with van der Waals surface area (Å²) in [6.45, 7) is 3.70. The van der Waals surface area contributed by atoms with Crippen molar-refractivity contribution < 1.29 is 8.42 Å². The Labute approximate surface area is 129 Å². The van der Waals surface area contributed by atoms with Crippen molar-refractivity contribution >= 4 is 21.4 Å². The van der Waals surface area contributed by atoms with Crippen molar-refractivity contribution in [2.45, 2.75) is 31.3 Å². The van der Waals surface area contributed by atoms with E-state index in [1.54, 1.807) is 18.3 Å². The Kier molecular flexibility index (Phi) is 5.86. The third-order valence-electron chi connectivity index (χ3n) is 2.90. The van der Waals surface area contributed by atoms with E-state index in [0.717, 1.165) is 23.5 Å². The molecule has 2 aromatic rings. The monoisotopic (exact) mass is 325 g/mol. The molecule has 21 heavy (non-hydrogen) atoms. The minimum atomic E-state index is -3.53. The number of nitrogens with one attached hydrogen (secondary N) is 2. The average molecular weight is 325 g/mol. The molecule has 7 heteroatoms. The van der Waals surface area contributed by atoms with Crippen LogP contribution in [0.2, 0.25) is 0 Å². The minimum Gasteiger partial charge on any atom is -0.313 e. The molecule has 0 aliphatic rings. The quantitative estimate of drug-likeness (QED) is 0.729. The van der Waals surface area contributed by atoms with E-state index in [2.05, 4.69) is 21.9 Å². The summed E-state index contributed by atoms with van der Waals surface area (Å²) >= 11 is 1.43. The Balaban J connectivity index is 2.11. The largest absolute Gasteiger partial charge is 0.313 e. The predicted octanol–water partition coefficient (Wildman–Crippen LogP) is 2.12. The van der Waals surface area contributed by atoms with Gasteiger partial charge < -0.3 is 5.32 Å². The molecule has 0 unspecified atom stereocenters. The van der Waals surface area contributed by atoms with Crippen LogP contribution in [-0.4, -0.2) is 19.9 Å². The van der Waals surface area contributed by atoms with Gasteiger partial charge in [0.2, 0.25) is 10.0 Å². The number of aromatic nitrogens is 1. The third-order valence-corrected chi connectivity index (χ3v) is 5.18. The lowest BCUT2D eigenvalue weighted by Crippen LogP contribution is -2.25. The zero-order chi connectivity index (χ0) is 15.1. The maximum absolute atomic E-state index is 12.4. The van der Waals surface area contributed by atoms with Crippen molar-refractivity contribution in [2.24, 2.45) is 0 Å². The van der Waals surface area contributed by atoms with Gasteiger partial charge in [-0.15, -0.1) is 11.3 Å². The van der Waals surface area contributed by atoms with Crippen LogP contribution in [-0.2, 0) is 23.1 Å². The van der Waals surface area contributed by atoms with Gasteiger partial charge in [0.25, 0.3) is 0 Å². The molecule has 0 radical (unpaired) electrons. The minimum absolute atomic E-state index is 0.219. The number of nitrogens with zero attached hydrogens (tertiary/aromatic N) is 1. The van der Waals surface area contributed by atoms with E-state index in [9.17, 15) is 8.42 Å². The number of hydrogen-bond donors (Lipinski definition) is 2. The van der Waals surface area contributed by atoms with Gasteiger partial charge in [0.05, 0.1) is 11.4 Å². The number of sulfonamides is 1. The number of benzene rings is 1. The van der Waals surface area contributed by atoms with Gasteiger partial charge in [0.1, 0.15) is 5.01 Å². The van der Waals surface area contributed by atoms with Crippen LogP contribution in [0.1, 0.15) is 23.9 Å². The fourth-order valence-corrected chi connectivity index (χ4v) is 3.76. The molecule has 1 aromatic carbocycles. The zero-order valence-corrected chi connectivity index (χ0v) is 13.5. The van der Waals surface area contributed by atoms with Gasteiger partial charge in [-0.05, 0) is 24.6 Å². The highest BCUT2D eigenvalue weighted by Crippen LogP contribution is 2.16. The van der Waals surface area contributed by atoms with Crippen LogP contribution < -0.4 is 10.0 Å². The van der Waals surface area contributed by atoms with Crippen LogP contribution in [0.3, 0.4) is 0 Å². The Morgan fingerprint density at radius 2 is 2.05 bits per heavy atom. The van der Waals surface area contributed by atoms with Crippen molar-refractivity contribution in [2.75, 3.05) is 6.54 Å². The molecular formula is C14H19N3O2S2. The zero-order valence-electron chi connectivity index (χ0n) is 11.9. The van der Waals surface area contributed by atoms with Gasteiger partial charge in [-0.2, -0.15) is 0 Å². The lowest BCUT2D eigenvalue weighted by molar-refractivity contribution is 0.578. The predicted molar refractivity (Wildman–Crippen MR) is 84.6 cm³/mol. The molecule has 2 N–H and O–H groups in total. The van der Waals surface area contributed by atoms with Crippen LogP contribution in [0.15, 0.2) is 40.7 Å². The maximum Gasteiger partial charge on any atom is 0.241 e. The van der Waals surface area contributed by atoms with Crippen molar-refractivity contribution in [1.82, 2.24) is 15.0 Å². The first kappa shape index (κ1) is 16.1. The van der Waals surface area contributed by atoms with Gasteiger partial charge in [0, 0.05) is 18.1 Å². The Morgan fingerprint density at radius 3 is 2.76 bits per heavy atom. The van der Waals surface area contributed by atoms with E-state index in [0.29, 0.717) is 11.4 Å². The van der Waals surface area contributed by atoms with Crippen LogP contribution in [0.5, 0.6) is 0 Å². The molecule has 0 aliphatic carbocycles. The van der Waals surface area contributed by atoms with E-state index in [-0.39, 0.29) is 6.54 Å². The Morgan fingerprint density at radius 1 is 1.24 bits per heavy atom. The number of hydrogen-bond acceptors (Lipinski definition) is 5. The number of thiazole rings is 1. The van der Waals surface area contributed by atoms with E-state index in [1.807, 2.05) is 17.5 Å². The van der Waals surface area contributed by atoms with E-state index >= 15 is 0 Å². The van der Waals surface area contributed by atoms with Crippen LogP contribution in [0.25, 0.3) is 0 Å². The van der Waals surface area contributed by atoms with Crippen LogP contribution >= 0.6 is 11.3 Å². The fraction of sp³-hybridized carbons (Fsp3) is 0.357. The van der Waals surface area contributed by atoms with Crippen molar-refractivity contribution in [3.63, 3.8) is 0 Å². The maximum atomic E-state index is 12.4. The molecule has 5 nitrogen and oxygen atoms in total. The molecule has 0 saturated heterocycles. The number of rotatable bonds is 8. The molecule has 114 valence electrons. The summed E-state index contributed by atoms with van der Waals surface area (Å²) in [5.41, 5.74) is 0.776. The van der Waals surface area contributed by atoms with Gasteiger partial charge >= 0.3 is 0 Å². The van der Waals surface area contributed by atoms with Crippen molar-refractivity contribution in [3.8, 4) is 0 Å². The summed E-state index contributed by atoms with van der Waals surface area (Å²) in [6.07, 6.45) is 2.67. The standard InChI is InChI=1S/C14H19N3O2S2/c1-2-7-15-10-12-5-3-4-6-13(12)21(18,19)17-11-14-16-8-9-20-14/h3-6,8-9,15,17H,2,7,10-11H2,1H3. The highest BCUT2D eigenvalue weighted by molar-refractivity contribution is 7.89. The summed E-state index contributed by atoms with van der Waals surface area (Å²) in [7, 11) is -3.53. The topological polar surface area (TPSA) is 71.1 Å². The second kappa shape index (κ2) is 7.65. The van der Waals surface area contributed by atoms with Crippen molar-refractivity contribution in [3.05, 3.63) is 46.4 Å². The first-order chi connectivity index (χ1) is 10.1. The SMILES string of the molecule is CCCNCc1ccccc1S(=O)(=O)NCc1nccs1. The van der Waals surface area contributed by atoms with E-state index in [1.165, 1.54) is 11.3 Å². The second-order valence-corrected chi connectivity index (χ2v) is 7.25. The molecule has 1 heterocycles. The molecule has 0 atom stereocenters. The Hall–Kier alpha value is -1.28. The van der Waals surface area contributed by atoms with Crippen LogP contribution in [0, 0.1) is 0 Å². The third kappa shape index (κ3) is 4.60. The molecule has 0 fully saturated rings. The van der Waals surface area contributed by atoms with Gasteiger partial charge in [0.15, 0.2) is 0 Å². The van der Waals surface area contributed by atoms with E-state index < -0.39 is 10.0 Å². The summed E-state index contributed by atoms with van der Waals surface area (Å²) in [5, 5.41) is 5.81. The molecule has 1 aromatic heterocycles. The molecule has 0 spiro atoms. The summed E-state index contributed by atoms with van der Waals surface area (Å²) < 4.78 is 27.4. The summed E-state index contributed by atoms with van der Waals surface area (Å²) in [5.74, 6) is 0. The lowest BCUT2D eigenvalue weighted by atomic mass is 10.2. The van der Waals surface area contributed by atoms with Crippen molar-refractivity contribution in [1.29, 1.82) is 0 Å². The normalized spacial score (nSPS) is 11.7. The average Bonchev–Trinajstić information content (AvgIpc) is 2.99. The van der Waals surface area contributed by atoms with E-state index in [4.69, 9.17) is 0 Å². The molecule has 0 bridgehead atoms. The van der Waals surface area contributed by atoms with Gasteiger partial charge in [-0.3, -0.25) is 0 Å². The van der Waals surface area contributed by atoms with Gasteiger partial charge in [-0.25, -0.2) is 18.1 Å². The first-order valence-electron chi connectivity index (χ1n) is 6.80. The molecule has 0 amide bonds. The van der Waals surface area contributed by atoms with Gasteiger partial charge in [-0.1, -0.05) is 25.1 Å². The highest BCUT2D eigenvalue weighted by Gasteiger charge is 2.17. The first-order valence-corrected chi connectivity index (χ1v) is 9.16. The summed E-state index contributed by atoms with van der Waals surface area (Å²) in [4.78, 5) is 4.40. The smallest absolute Gasteiger partial charge is 0.241 e. The molecule has 0 aliphatic heterocycles. The molecule has 2 rings (SSSR count). The Bertz CT molecular complexity index is 655. The molecular weight excluding hydrogens is 306 g/mol. The fourth-order valence-electron chi connectivity index (χ4n) is 1.89. The lowest BCUT2D eigenvalue weighted by Gasteiger charge is -2.11. The summed E-state index contributed by atoms with van der Waals surface area (Å²) in [6, 6.07) is 7.05. The highest BCUT2D eigenvalue weighted by atomic mass is 32.2. The molecule has 0 saturated carbocycles. The van der Waals surface area contributed by atoms with Crippen LogP contribution in [0.4, 0.5) is 0 Å². The second-order valence-electron chi connectivity index (χ2n) is 4.53.